The second kappa shape index (κ2) is 2.36. The highest BCUT2D eigenvalue weighted by molar-refractivity contribution is 5.84. The second-order valence-corrected chi connectivity index (χ2v) is 3.72. The fourth-order valence-electron chi connectivity index (χ4n) is 2.28. The minimum atomic E-state index is 0.252. The quantitative estimate of drug-likeness (QED) is 0.628. The lowest BCUT2D eigenvalue weighted by molar-refractivity contribution is 0.713. The molecule has 0 saturated carbocycles. The van der Waals surface area contributed by atoms with Gasteiger partial charge in [-0.1, -0.05) is 12.1 Å². The normalized spacial score (nSPS) is 20.8. The predicted molar refractivity (Wildman–Crippen MR) is 53.5 cm³/mol. The fraction of sp³-hybridized carbons (Fsp3) is 0.273. The van der Waals surface area contributed by atoms with Crippen LogP contribution in [0.25, 0.3) is 10.9 Å². The van der Waals surface area contributed by atoms with Crippen molar-refractivity contribution in [2.24, 2.45) is 5.73 Å². The Balaban J connectivity index is 2.39. The topological polar surface area (TPSA) is 41.8 Å². The molecule has 1 aliphatic carbocycles. The van der Waals surface area contributed by atoms with Gasteiger partial charge < -0.3 is 10.7 Å². The van der Waals surface area contributed by atoms with Crippen LogP contribution >= 0.6 is 0 Å². The summed E-state index contributed by atoms with van der Waals surface area (Å²) in [6.07, 6.45) is 4.20. The molecular formula is C11H12N2. The lowest BCUT2D eigenvalue weighted by atomic mass is 10.1. The molecule has 2 heteroatoms. The van der Waals surface area contributed by atoms with E-state index in [9.17, 15) is 0 Å². The van der Waals surface area contributed by atoms with Crippen molar-refractivity contribution >= 4 is 10.9 Å². The summed E-state index contributed by atoms with van der Waals surface area (Å²) in [7, 11) is 0. The first-order valence-corrected chi connectivity index (χ1v) is 4.71. The second-order valence-electron chi connectivity index (χ2n) is 3.72. The number of fused-ring (bicyclic) bond motifs is 3. The molecule has 13 heavy (non-hydrogen) atoms. The van der Waals surface area contributed by atoms with E-state index in [1.54, 1.807) is 0 Å². The van der Waals surface area contributed by atoms with Gasteiger partial charge in [0.25, 0.3) is 0 Å². The van der Waals surface area contributed by atoms with Crippen LogP contribution in [0.3, 0.4) is 0 Å². The number of hydrogen-bond acceptors (Lipinski definition) is 1. The third-order valence-corrected chi connectivity index (χ3v) is 2.98. The lowest BCUT2D eigenvalue weighted by Gasteiger charge is -2.04. The molecule has 1 aromatic carbocycles. The average Bonchev–Trinajstić information content (AvgIpc) is 2.70. The number of H-pyrrole nitrogens is 1. The molecule has 2 nitrogen and oxygen atoms in total. The van der Waals surface area contributed by atoms with Crippen LogP contribution in [0.5, 0.6) is 0 Å². The Morgan fingerprint density at radius 3 is 3.15 bits per heavy atom. The molecule has 1 aromatic heterocycles. The highest BCUT2D eigenvalue weighted by Crippen LogP contribution is 2.33. The van der Waals surface area contributed by atoms with Gasteiger partial charge in [-0.2, -0.15) is 0 Å². The van der Waals surface area contributed by atoms with Crippen LogP contribution < -0.4 is 5.73 Å². The molecule has 3 rings (SSSR count). The molecule has 2 aromatic rings. The van der Waals surface area contributed by atoms with Gasteiger partial charge in [0.15, 0.2) is 0 Å². The van der Waals surface area contributed by atoms with Crippen molar-refractivity contribution < 1.29 is 0 Å². The van der Waals surface area contributed by atoms with E-state index in [0.29, 0.717) is 0 Å². The van der Waals surface area contributed by atoms with Crippen molar-refractivity contribution in [3.63, 3.8) is 0 Å². The van der Waals surface area contributed by atoms with Crippen LogP contribution in [-0.4, -0.2) is 4.98 Å². The molecule has 0 fully saturated rings. The summed E-state index contributed by atoms with van der Waals surface area (Å²) in [5.41, 5.74) is 10.0. The zero-order chi connectivity index (χ0) is 8.84. The molecule has 0 spiro atoms. The maximum Gasteiger partial charge on any atom is 0.0489 e. The van der Waals surface area contributed by atoms with Crippen molar-refractivity contribution in [2.75, 3.05) is 0 Å². The monoisotopic (exact) mass is 172 g/mol. The Bertz CT molecular complexity index is 456. The van der Waals surface area contributed by atoms with Crippen LogP contribution in [0.15, 0.2) is 24.4 Å². The zero-order valence-corrected chi connectivity index (χ0v) is 7.38. The van der Waals surface area contributed by atoms with Crippen molar-refractivity contribution in [3.05, 3.63) is 35.5 Å². The van der Waals surface area contributed by atoms with Gasteiger partial charge in [0.1, 0.15) is 0 Å². The van der Waals surface area contributed by atoms with Crippen LogP contribution in [0, 0.1) is 0 Å². The molecule has 66 valence electrons. The molecule has 0 amide bonds. The first-order chi connectivity index (χ1) is 6.36. The highest BCUT2D eigenvalue weighted by atomic mass is 14.7. The van der Waals surface area contributed by atoms with E-state index in [-0.39, 0.29) is 6.04 Å². The van der Waals surface area contributed by atoms with Gasteiger partial charge in [0.2, 0.25) is 0 Å². The van der Waals surface area contributed by atoms with E-state index >= 15 is 0 Å². The summed E-state index contributed by atoms with van der Waals surface area (Å²) >= 11 is 0. The predicted octanol–water partition coefficient (Wildman–Crippen LogP) is 2.11. The maximum absolute atomic E-state index is 5.99. The molecule has 0 saturated heterocycles. The molecular weight excluding hydrogens is 160 g/mol. The van der Waals surface area contributed by atoms with Crippen LogP contribution in [-0.2, 0) is 6.42 Å². The van der Waals surface area contributed by atoms with Crippen LogP contribution in [0.2, 0.25) is 0 Å². The van der Waals surface area contributed by atoms with Gasteiger partial charge in [-0.15, -0.1) is 0 Å². The van der Waals surface area contributed by atoms with Crippen LogP contribution in [0.1, 0.15) is 23.6 Å². The molecule has 1 atom stereocenters. The van der Waals surface area contributed by atoms with Crippen molar-refractivity contribution in [3.8, 4) is 0 Å². The number of aromatic amines is 1. The first-order valence-electron chi connectivity index (χ1n) is 4.71. The largest absolute Gasteiger partial charge is 0.361 e. The molecule has 3 N–H and O–H groups in total. The number of rotatable bonds is 0. The summed E-state index contributed by atoms with van der Waals surface area (Å²) in [5.74, 6) is 0. The van der Waals surface area contributed by atoms with E-state index in [4.69, 9.17) is 5.73 Å². The van der Waals surface area contributed by atoms with Crippen molar-refractivity contribution in [2.45, 2.75) is 18.9 Å². The smallest absolute Gasteiger partial charge is 0.0489 e. The van der Waals surface area contributed by atoms with Crippen molar-refractivity contribution in [1.82, 2.24) is 4.98 Å². The zero-order valence-electron chi connectivity index (χ0n) is 7.38. The van der Waals surface area contributed by atoms with E-state index in [1.807, 2.05) is 6.20 Å². The van der Waals surface area contributed by atoms with Gasteiger partial charge in [-0.05, 0) is 35.4 Å². The summed E-state index contributed by atoms with van der Waals surface area (Å²) in [6.45, 7) is 0. The minimum Gasteiger partial charge on any atom is -0.361 e. The Hall–Kier alpha value is -1.28. The molecule has 0 aliphatic heterocycles. The third kappa shape index (κ3) is 0.864. The van der Waals surface area contributed by atoms with Gasteiger partial charge in [-0.3, -0.25) is 0 Å². The molecule has 0 radical (unpaired) electrons. The number of benzene rings is 1. The Morgan fingerprint density at radius 1 is 1.31 bits per heavy atom. The van der Waals surface area contributed by atoms with E-state index in [2.05, 4.69) is 23.2 Å². The number of aryl methyl sites for hydroxylation is 1. The number of nitrogens with one attached hydrogen (secondary N) is 1. The van der Waals surface area contributed by atoms with Crippen molar-refractivity contribution in [1.29, 1.82) is 0 Å². The van der Waals surface area contributed by atoms with Gasteiger partial charge in [0, 0.05) is 17.8 Å². The molecule has 1 unspecified atom stereocenters. The average molecular weight is 172 g/mol. The third-order valence-electron chi connectivity index (χ3n) is 2.98. The molecule has 1 aliphatic rings. The summed E-state index contributed by atoms with van der Waals surface area (Å²) in [6, 6.07) is 6.68. The molecule has 1 heterocycles. The van der Waals surface area contributed by atoms with Gasteiger partial charge >= 0.3 is 0 Å². The Labute approximate surface area is 76.8 Å². The number of nitrogens with two attached hydrogens (primary N) is 1. The summed E-state index contributed by atoms with van der Waals surface area (Å²) in [4.78, 5) is 3.28. The van der Waals surface area contributed by atoms with Gasteiger partial charge in [0.05, 0.1) is 0 Å². The highest BCUT2D eigenvalue weighted by Gasteiger charge is 2.20. The number of hydrogen-bond donors (Lipinski definition) is 2. The van der Waals surface area contributed by atoms with E-state index in [0.717, 1.165) is 12.8 Å². The van der Waals surface area contributed by atoms with Crippen LogP contribution in [0.4, 0.5) is 0 Å². The Morgan fingerprint density at radius 2 is 2.23 bits per heavy atom. The van der Waals surface area contributed by atoms with E-state index < -0.39 is 0 Å². The summed E-state index contributed by atoms with van der Waals surface area (Å²) < 4.78 is 0. The van der Waals surface area contributed by atoms with E-state index in [1.165, 1.54) is 22.0 Å². The summed E-state index contributed by atoms with van der Waals surface area (Å²) in [5, 5.41) is 1.30. The Kier molecular flexibility index (Phi) is 1.30. The fourth-order valence-corrected chi connectivity index (χ4v) is 2.28. The first kappa shape index (κ1) is 7.15. The number of aromatic nitrogens is 1. The SMILES string of the molecule is NC1CCc2c1ccc1cc[nH]c21. The van der Waals surface area contributed by atoms with Gasteiger partial charge in [-0.25, -0.2) is 0 Å². The standard InChI is InChI=1S/C11H12N2/c12-10-4-3-9-8(10)2-1-7-5-6-13-11(7)9/h1-2,5-6,10,13H,3-4,12H2. The maximum atomic E-state index is 5.99. The minimum absolute atomic E-state index is 0.252. The molecule has 0 bridgehead atoms. The lowest BCUT2D eigenvalue weighted by Crippen LogP contribution is -2.04.